The lowest BCUT2D eigenvalue weighted by Crippen LogP contribution is -2.28. The second kappa shape index (κ2) is 6.19. The van der Waals surface area contributed by atoms with Crippen LogP contribution < -0.4 is 10.5 Å². The Hall–Kier alpha value is -1.36. The standard InChI is InChI=1S/C15H19NO2S/c1-10-7-8-14(19-10)15(11(2)16)18-13-6-4-3-5-12(13)9-17/h3-8,11,15,17H,9,16H2,1-2H3. The molecule has 2 unspecified atom stereocenters. The van der Waals surface area contributed by atoms with E-state index in [1.807, 2.05) is 31.2 Å². The molecular weight excluding hydrogens is 258 g/mol. The molecule has 2 rings (SSSR count). The molecule has 0 aliphatic carbocycles. The van der Waals surface area contributed by atoms with Crippen molar-refractivity contribution < 1.29 is 9.84 Å². The molecule has 0 aliphatic heterocycles. The molecule has 3 nitrogen and oxygen atoms in total. The SMILES string of the molecule is Cc1ccc(C(Oc2ccccc2CO)C(C)N)s1. The highest BCUT2D eigenvalue weighted by Gasteiger charge is 2.20. The Morgan fingerprint density at radius 3 is 2.58 bits per heavy atom. The molecule has 0 bridgehead atoms. The summed E-state index contributed by atoms with van der Waals surface area (Å²) in [6.07, 6.45) is -0.189. The minimum atomic E-state index is -0.189. The Kier molecular flexibility index (Phi) is 4.58. The van der Waals surface area contributed by atoms with E-state index >= 15 is 0 Å². The maximum atomic E-state index is 9.34. The maximum Gasteiger partial charge on any atom is 0.148 e. The molecule has 0 fully saturated rings. The number of para-hydroxylation sites is 1. The molecule has 102 valence electrons. The van der Waals surface area contributed by atoms with E-state index < -0.39 is 0 Å². The number of hydrogen-bond acceptors (Lipinski definition) is 4. The van der Waals surface area contributed by atoms with Crippen molar-refractivity contribution in [2.75, 3.05) is 0 Å². The van der Waals surface area contributed by atoms with Gasteiger partial charge in [-0.3, -0.25) is 0 Å². The van der Waals surface area contributed by atoms with Crippen LogP contribution in [0.3, 0.4) is 0 Å². The molecule has 0 radical (unpaired) electrons. The van der Waals surface area contributed by atoms with E-state index in [2.05, 4.69) is 19.1 Å². The van der Waals surface area contributed by atoms with Crippen LogP contribution in [-0.2, 0) is 6.61 Å². The fraction of sp³-hybridized carbons (Fsp3) is 0.333. The van der Waals surface area contributed by atoms with Gasteiger partial charge in [-0.1, -0.05) is 18.2 Å². The van der Waals surface area contributed by atoms with E-state index in [1.54, 1.807) is 11.3 Å². The topological polar surface area (TPSA) is 55.5 Å². The van der Waals surface area contributed by atoms with Gasteiger partial charge in [-0.2, -0.15) is 0 Å². The van der Waals surface area contributed by atoms with Gasteiger partial charge in [0.25, 0.3) is 0 Å². The van der Waals surface area contributed by atoms with Crippen LogP contribution in [-0.4, -0.2) is 11.1 Å². The molecule has 0 spiro atoms. The van der Waals surface area contributed by atoms with E-state index in [0.717, 1.165) is 10.4 Å². The van der Waals surface area contributed by atoms with Crippen LogP contribution in [0.4, 0.5) is 0 Å². The van der Waals surface area contributed by atoms with E-state index in [1.165, 1.54) is 4.88 Å². The lowest BCUT2D eigenvalue weighted by atomic mass is 10.1. The zero-order chi connectivity index (χ0) is 13.8. The van der Waals surface area contributed by atoms with Crippen molar-refractivity contribution in [3.8, 4) is 5.75 Å². The second-order valence-electron chi connectivity index (χ2n) is 4.61. The number of thiophene rings is 1. The molecule has 0 saturated carbocycles. The molecule has 2 aromatic rings. The summed E-state index contributed by atoms with van der Waals surface area (Å²) < 4.78 is 6.02. The largest absolute Gasteiger partial charge is 0.483 e. The summed E-state index contributed by atoms with van der Waals surface area (Å²) in [6.45, 7) is 3.96. The number of benzene rings is 1. The van der Waals surface area contributed by atoms with Gasteiger partial charge in [0.1, 0.15) is 11.9 Å². The Morgan fingerprint density at radius 1 is 1.26 bits per heavy atom. The molecular formula is C15H19NO2S. The van der Waals surface area contributed by atoms with Crippen LogP contribution in [0.25, 0.3) is 0 Å². The molecule has 0 saturated heterocycles. The van der Waals surface area contributed by atoms with Crippen molar-refractivity contribution in [3.63, 3.8) is 0 Å². The first-order valence-corrected chi connectivity index (χ1v) is 7.11. The van der Waals surface area contributed by atoms with Crippen LogP contribution in [0.15, 0.2) is 36.4 Å². The monoisotopic (exact) mass is 277 g/mol. The third-order valence-electron chi connectivity index (χ3n) is 2.92. The average Bonchev–Trinajstić information content (AvgIpc) is 2.82. The van der Waals surface area contributed by atoms with Crippen LogP contribution in [0.2, 0.25) is 0 Å². The van der Waals surface area contributed by atoms with Crippen molar-refractivity contribution in [2.45, 2.75) is 32.6 Å². The highest BCUT2D eigenvalue weighted by atomic mass is 32.1. The second-order valence-corrected chi connectivity index (χ2v) is 5.93. The number of aliphatic hydroxyl groups is 1. The van der Waals surface area contributed by atoms with Crippen LogP contribution in [0, 0.1) is 6.92 Å². The molecule has 1 aromatic heterocycles. The van der Waals surface area contributed by atoms with Crippen molar-refractivity contribution in [1.82, 2.24) is 0 Å². The molecule has 2 atom stereocenters. The van der Waals surface area contributed by atoms with Crippen molar-refractivity contribution in [2.24, 2.45) is 5.73 Å². The number of ether oxygens (including phenoxy) is 1. The Balaban J connectivity index is 2.26. The van der Waals surface area contributed by atoms with Gasteiger partial charge in [0.15, 0.2) is 0 Å². The van der Waals surface area contributed by atoms with Crippen molar-refractivity contribution >= 4 is 11.3 Å². The lowest BCUT2D eigenvalue weighted by molar-refractivity contribution is 0.176. The summed E-state index contributed by atoms with van der Waals surface area (Å²) in [5.41, 5.74) is 6.82. The smallest absolute Gasteiger partial charge is 0.148 e. The maximum absolute atomic E-state index is 9.34. The van der Waals surface area contributed by atoms with E-state index in [9.17, 15) is 5.11 Å². The molecule has 19 heavy (non-hydrogen) atoms. The third kappa shape index (κ3) is 3.35. The number of nitrogens with two attached hydrogens (primary N) is 1. The molecule has 1 heterocycles. The van der Waals surface area contributed by atoms with E-state index in [0.29, 0.717) is 5.75 Å². The first kappa shape index (κ1) is 14.1. The van der Waals surface area contributed by atoms with E-state index in [-0.39, 0.29) is 18.8 Å². The predicted octanol–water partition coefficient (Wildman–Crippen LogP) is 3.02. The molecule has 0 amide bonds. The van der Waals surface area contributed by atoms with Gasteiger partial charge in [0, 0.05) is 21.4 Å². The highest BCUT2D eigenvalue weighted by Crippen LogP contribution is 2.31. The van der Waals surface area contributed by atoms with Gasteiger partial charge in [0.05, 0.1) is 6.61 Å². The van der Waals surface area contributed by atoms with Crippen LogP contribution in [0.1, 0.15) is 28.3 Å². The van der Waals surface area contributed by atoms with Gasteiger partial charge in [-0.05, 0) is 32.0 Å². The summed E-state index contributed by atoms with van der Waals surface area (Å²) >= 11 is 1.69. The Bertz CT molecular complexity index is 536. The fourth-order valence-electron chi connectivity index (χ4n) is 1.92. The van der Waals surface area contributed by atoms with Gasteiger partial charge in [0.2, 0.25) is 0 Å². The van der Waals surface area contributed by atoms with Gasteiger partial charge in [-0.15, -0.1) is 11.3 Å². The fourth-order valence-corrected chi connectivity index (χ4v) is 2.94. The lowest BCUT2D eigenvalue weighted by Gasteiger charge is -2.22. The van der Waals surface area contributed by atoms with Crippen molar-refractivity contribution in [1.29, 1.82) is 0 Å². The van der Waals surface area contributed by atoms with Crippen LogP contribution in [0.5, 0.6) is 5.75 Å². The minimum absolute atomic E-state index is 0.0364. The summed E-state index contributed by atoms with van der Waals surface area (Å²) in [7, 11) is 0. The summed E-state index contributed by atoms with van der Waals surface area (Å²) in [5, 5.41) is 9.34. The number of rotatable bonds is 5. The Labute approximate surface area is 117 Å². The number of hydrogen-bond donors (Lipinski definition) is 2. The normalized spacial score (nSPS) is 14.1. The summed E-state index contributed by atoms with van der Waals surface area (Å²) in [5.74, 6) is 0.693. The summed E-state index contributed by atoms with van der Waals surface area (Å²) in [4.78, 5) is 2.35. The van der Waals surface area contributed by atoms with Gasteiger partial charge < -0.3 is 15.6 Å². The highest BCUT2D eigenvalue weighted by molar-refractivity contribution is 7.12. The van der Waals surface area contributed by atoms with E-state index in [4.69, 9.17) is 10.5 Å². The third-order valence-corrected chi connectivity index (χ3v) is 3.98. The summed E-state index contributed by atoms with van der Waals surface area (Å²) in [6, 6.07) is 11.5. The molecule has 0 aliphatic rings. The average molecular weight is 277 g/mol. The molecule has 3 N–H and O–H groups in total. The predicted molar refractivity (Wildman–Crippen MR) is 78.4 cm³/mol. The first-order valence-electron chi connectivity index (χ1n) is 6.29. The Morgan fingerprint density at radius 2 is 2.00 bits per heavy atom. The molecule has 4 heteroatoms. The minimum Gasteiger partial charge on any atom is -0.483 e. The zero-order valence-corrected chi connectivity index (χ0v) is 12.0. The molecule has 1 aromatic carbocycles. The van der Waals surface area contributed by atoms with Gasteiger partial charge >= 0.3 is 0 Å². The van der Waals surface area contributed by atoms with Crippen LogP contribution >= 0.6 is 11.3 Å². The zero-order valence-electron chi connectivity index (χ0n) is 11.2. The number of aliphatic hydroxyl groups excluding tert-OH is 1. The quantitative estimate of drug-likeness (QED) is 0.883. The van der Waals surface area contributed by atoms with Gasteiger partial charge in [-0.25, -0.2) is 0 Å². The first-order chi connectivity index (χ1) is 9.11. The number of aryl methyl sites for hydroxylation is 1. The van der Waals surface area contributed by atoms with Crippen molar-refractivity contribution in [3.05, 3.63) is 51.7 Å².